The van der Waals surface area contributed by atoms with Crippen molar-refractivity contribution < 1.29 is 14.3 Å². The van der Waals surface area contributed by atoms with Crippen LogP contribution in [0, 0.1) is 52.8 Å². The van der Waals surface area contributed by atoms with Crippen LogP contribution in [0.4, 0.5) is 0 Å². The number of hydrogen-bond acceptors (Lipinski definition) is 3. The highest BCUT2D eigenvalue weighted by Gasteiger charge is 2.66. The van der Waals surface area contributed by atoms with Crippen LogP contribution in [0.1, 0.15) is 94.5 Å². The van der Waals surface area contributed by atoms with Crippen LogP contribution in [-0.4, -0.2) is 26.6 Å². The summed E-state index contributed by atoms with van der Waals surface area (Å²) in [4.78, 5) is 14.0. The maximum atomic E-state index is 14.0. The van der Waals surface area contributed by atoms with E-state index >= 15 is 0 Å². The molecule has 8 atom stereocenters. The van der Waals surface area contributed by atoms with Gasteiger partial charge >= 0.3 is 0 Å². The molecule has 4 aliphatic rings. The lowest BCUT2D eigenvalue weighted by molar-refractivity contribution is -0.191. The lowest BCUT2D eigenvalue weighted by Crippen LogP contribution is -2.61. The summed E-state index contributed by atoms with van der Waals surface area (Å²) in [6.07, 6.45) is 11.5. The summed E-state index contributed by atoms with van der Waals surface area (Å²) in [6, 6.07) is 5.97. The summed E-state index contributed by atoms with van der Waals surface area (Å²) in [5, 5.41) is 0. The van der Waals surface area contributed by atoms with Gasteiger partial charge in [-0.1, -0.05) is 27.2 Å². The summed E-state index contributed by atoms with van der Waals surface area (Å²) in [7, 11) is 3.61. The van der Waals surface area contributed by atoms with Gasteiger partial charge in [-0.3, -0.25) is 4.79 Å². The van der Waals surface area contributed by atoms with Gasteiger partial charge in [0.2, 0.25) is 0 Å². The lowest BCUT2D eigenvalue weighted by atomic mass is 9.38. The first-order valence-electron chi connectivity index (χ1n) is 13.9. The van der Waals surface area contributed by atoms with Gasteiger partial charge < -0.3 is 9.47 Å². The molecule has 1 aromatic carbocycles. The zero-order valence-electron chi connectivity index (χ0n) is 22.4. The highest BCUT2D eigenvalue weighted by Crippen LogP contribution is 2.72. The van der Waals surface area contributed by atoms with E-state index in [1.807, 2.05) is 25.3 Å². The quantitative estimate of drug-likeness (QED) is 0.422. The van der Waals surface area contributed by atoms with E-state index in [9.17, 15) is 4.79 Å². The number of carbonyl (C=O) groups is 1. The number of ether oxygens (including phenoxy) is 2. The third-order valence-electron chi connectivity index (χ3n) is 11.7. The zero-order chi connectivity index (χ0) is 24.3. The maximum absolute atomic E-state index is 14.0. The maximum Gasteiger partial charge on any atom is 0.166 e. The van der Waals surface area contributed by atoms with Gasteiger partial charge in [0, 0.05) is 18.6 Å². The van der Waals surface area contributed by atoms with E-state index in [0.29, 0.717) is 22.5 Å². The molecule has 1 aromatic rings. The molecular weight excluding hydrogens is 420 g/mol. The minimum Gasteiger partial charge on any atom is -0.497 e. The molecule has 4 saturated carbocycles. The number of ketones is 1. The molecule has 0 amide bonds. The first kappa shape index (κ1) is 24.3. The van der Waals surface area contributed by atoms with Crippen molar-refractivity contribution in [2.24, 2.45) is 45.8 Å². The fourth-order valence-electron chi connectivity index (χ4n) is 10.1. The molecule has 0 spiro atoms. The highest BCUT2D eigenvalue weighted by molar-refractivity contribution is 6.00. The number of methoxy groups -OCH3 is 2. The molecule has 188 valence electrons. The van der Waals surface area contributed by atoms with Crippen LogP contribution in [0.25, 0.3) is 0 Å². The number of carbonyl (C=O) groups excluding carboxylic acids is 1. The Morgan fingerprint density at radius 3 is 2.44 bits per heavy atom. The number of Topliss-reactive ketones (excluding diaryl/α,β-unsaturated/α-hetero) is 1. The van der Waals surface area contributed by atoms with Crippen LogP contribution in [0.2, 0.25) is 0 Å². The number of fused-ring (bicyclic) bond motifs is 5. The molecule has 0 radical (unpaired) electrons. The molecule has 5 rings (SSSR count). The molecule has 4 aliphatic carbocycles. The van der Waals surface area contributed by atoms with E-state index in [1.165, 1.54) is 51.4 Å². The predicted molar refractivity (Wildman–Crippen MR) is 137 cm³/mol. The van der Waals surface area contributed by atoms with Gasteiger partial charge in [0.25, 0.3) is 0 Å². The Hall–Kier alpha value is -1.35. The van der Waals surface area contributed by atoms with Crippen molar-refractivity contribution in [2.75, 3.05) is 20.8 Å². The monoisotopic (exact) mass is 466 g/mol. The Labute approximate surface area is 207 Å². The molecule has 0 aliphatic heterocycles. The average molecular weight is 467 g/mol. The van der Waals surface area contributed by atoms with Crippen LogP contribution in [0.3, 0.4) is 0 Å². The second-order valence-corrected chi connectivity index (χ2v) is 13.1. The van der Waals surface area contributed by atoms with Gasteiger partial charge in [0.1, 0.15) is 5.75 Å². The largest absolute Gasteiger partial charge is 0.497 e. The molecular formula is C31H46O3. The van der Waals surface area contributed by atoms with E-state index in [2.05, 4.69) is 27.7 Å². The number of aryl methyl sites for hydroxylation is 1. The summed E-state index contributed by atoms with van der Waals surface area (Å²) in [5.41, 5.74) is 2.74. The zero-order valence-corrected chi connectivity index (χ0v) is 22.4. The van der Waals surface area contributed by atoms with Crippen LogP contribution in [-0.2, 0) is 4.74 Å². The summed E-state index contributed by atoms with van der Waals surface area (Å²) in [5.74, 6) is 4.40. The van der Waals surface area contributed by atoms with Crippen LogP contribution in [0.5, 0.6) is 5.75 Å². The topological polar surface area (TPSA) is 35.5 Å². The smallest absolute Gasteiger partial charge is 0.166 e. The molecule has 0 aromatic heterocycles. The molecule has 3 unspecified atom stereocenters. The minimum absolute atomic E-state index is 0.109. The van der Waals surface area contributed by atoms with Gasteiger partial charge in [-0.15, -0.1) is 0 Å². The van der Waals surface area contributed by atoms with Gasteiger partial charge in [-0.05, 0) is 122 Å². The lowest BCUT2D eigenvalue weighted by Gasteiger charge is -2.66. The standard InChI is InChI=1S/C31H46O3/c1-20-11-16-31(19-33-5)22(17-20)12-14-30(4)26-10-9-25(29(26,3)15-13-27(30)31)28(32)24-8-7-23(34-6)18-21(24)2/h7-8,18,20,22,25-27H,9-17,19H2,1-6H3/t20-,22?,25+,26?,27?,29+,30-,31+/m0/s1. The Bertz CT molecular complexity index is 939. The predicted octanol–water partition coefficient (Wildman–Crippen LogP) is 7.50. The highest BCUT2D eigenvalue weighted by atomic mass is 16.5. The van der Waals surface area contributed by atoms with Crippen molar-refractivity contribution in [2.45, 2.75) is 85.5 Å². The Morgan fingerprint density at radius 2 is 1.74 bits per heavy atom. The van der Waals surface area contributed by atoms with Gasteiger partial charge in [-0.25, -0.2) is 0 Å². The average Bonchev–Trinajstić information content (AvgIpc) is 3.17. The van der Waals surface area contributed by atoms with Gasteiger partial charge in [-0.2, -0.15) is 0 Å². The van der Waals surface area contributed by atoms with E-state index in [1.54, 1.807) is 7.11 Å². The van der Waals surface area contributed by atoms with Crippen molar-refractivity contribution in [3.63, 3.8) is 0 Å². The van der Waals surface area contributed by atoms with Gasteiger partial charge in [0.15, 0.2) is 5.78 Å². The van der Waals surface area contributed by atoms with Crippen molar-refractivity contribution in [3.8, 4) is 5.75 Å². The summed E-state index contributed by atoms with van der Waals surface area (Å²) in [6.45, 7) is 10.5. The van der Waals surface area contributed by atoms with E-state index in [0.717, 1.165) is 47.7 Å². The molecule has 34 heavy (non-hydrogen) atoms. The SMILES string of the molecule is COC[C@]12CC[C@H](C)CC1CC[C@]1(C)C2CC[C@@]2(C)C1CC[C@@H]2C(=O)c1ccc(OC)cc1C. The normalized spacial score (nSPS) is 43.5. The van der Waals surface area contributed by atoms with Crippen LogP contribution in [0.15, 0.2) is 18.2 Å². The number of benzene rings is 1. The summed E-state index contributed by atoms with van der Waals surface area (Å²) < 4.78 is 11.4. The fraction of sp³-hybridized carbons (Fsp3) is 0.774. The van der Waals surface area contributed by atoms with Crippen molar-refractivity contribution in [1.29, 1.82) is 0 Å². The summed E-state index contributed by atoms with van der Waals surface area (Å²) >= 11 is 0. The molecule has 3 nitrogen and oxygen atoms in total. The van der Waals surface area contributed by atoms with Crippen molar-refractivity contribution >= 4 is 5.78 Å². The molecule has 0 bridgehead atoms. The molecule has 0 heterocycles. The third kappa shape index (κ3) is 3.43. The van der Waals surface area contributed by atoms with Crippen LogP contribution >= 0.6 is 0 Å². The number of hydrogen-bond donors (Lipinski definition) is 0. The van der Waals surface area contributed by atoms with E-state index in [-0.39, 0.29) is 11.3 Å². The van der Waals surface area contributed by atoms with Gasteiger partial charge in [0.05, 0.1) is 13.7 Å². The van der Waals surface area contributed by atoms with E-state index in [4.69, 9.17) is 9.47 Å². The number of rotatable bonds is 5. The second kappa shape index (κ2) is 8.64. The Balaban J connectivity index is 1.46. The molecule has 3 heteroatoms. The molecule has 4 fully saturated rings. The third-order valence-corrected chi connectivity index (χ3v) is 11.7. The first-order chi connectivity index (χ1) is 16.2. The van der Waals surface area contributed by atoms with Crippen LogP contribution < -0.4 is 4.74 Å². The van der Waals surface area contributed by atoms with Crippen molar-refractivity contribution in [3.05, 3.63) is 29.3 Å². The first-order valence-corrected chi connectivity index (χ1v) is 13.9. The fourth-order valence-corrected chi connectivity index (χ4v) is 10.1. The second-order valence-electron chi connectivity index (χ2n) is 13.1. The Kier molecular flexibility index (Phi) is 6.19. The molecule has 0 saturated heterocycles. The minimum atomic E-state index is 0.109. The van der Waals surface area contributed by atoms with Crippen molar-refractivity contribution in [1.82, 2.24) is 0 Å². The van der Waals surface area contributed by atoms with E-state index < -0.39 is 0 Å². The Morgan fingerprint density at radius 1 is 0.971 bits per heavy atom. The molecule has 0 N–H and O–H groups in total.